The van der Waals surface area contributed by atoms with Gasteiger partial charge in [-0.2, -0.15) is 0 Å². The maximum atomic E-state index is 11.8. The second-order valence-electron chi connectivity index (χ2n) is 11.6. The summed E-state index contributed by atoms with van der Waals surface area (Å²) in [5, 5.41) is 18.1. The fraction of sp³-hybridized carbons (Fsp3) is 0.514. The van der Waals surface area contributed by atoms with Gasteiger partial charge in [0.1, 0.15) is 26.4 Å². The van der Waals surface area contributed by atoms with E-state index in [1.165, 1.54) is 62.5 Å². The van der Waals surface area contributed by atoms with Gasteiger partial charge in [-0.1, -0.05) is 77.0 Å². The van der Waals surface area contributed by atoms with Crippen LogP contribution < -0.4 is 9.47 Å². The van der Waals surface area contributed by atoms with E-state index in [1.54, 1.807) is 6.07 Å². The van der Waals surface area contributed by atoms with Crippen molar-refractivity contribution in [3.05, 3.63) is 71.8 Å². The standard InChI is InChI=1S/C37H50O8/c1-5-7-8-9-28-10-12-30(13-11-28)33-16-14-31(22-29(33)6-2)32-15-17-34(42-18-20-44-36(40)26(3)24-38)35(23-32)43-19-21-45-37(41)27(4)25-39/h14-17,22-23,28,30,38-39H,3-13,18-21,24-25H2,1-2H3. The van der Waals surface area contributed by atoms with Crippen molar-refractivity contribution in [3.8, 4) is 22.6 Å². The first-order valence-corrected chi connectivity index (χ1v) is 16.2. The van der Waals surface area contributed by atoms with Crippen LogP contribution in [0, 0.1) is 5.92 Å². The highest BCUT2D eigenvalue weighted by Gasteiger charge is 2.24. The van der Waals surface area contributed by atoms with Crippen LogP contribution in [0.2, 0.25) is 0 Å². The van der Waals surface area contributed by atoms with E-state index in [0.29, 0.717) is 17.4 Å². The molecule has 8 heteroatoms. The van der Waals surface area contributed by atoms with Crippen LogP contribution in [0.4, 0.5) is 0 Å². The van der Waals surface area contributed by atoms with Crippen molar-refractivity contribution in [2.75, 3.05) is 39.6 Å². The Morgan fingerprint density at radius 1 is 0.756 bits per heavy atom. The van der Waals surface area contributed by atoms with Crippen molar-refractivity contribution >= 4 is 11.9 Å². The van der Waals surface area contributed by atoms with Crippen molar-refractivity contribution in [1.82, 2.24) is 0 Å². The zero-order valence-electron chi connectivity index (χ0n) is 27.0. The van der Waals surface area contributed by atoms with Crippen LogP contribution in [0.5, 0.6) is 11.5 Å². The Balaban J connectivity index is 1.72. The van der Waals surface area contributed by atoms with E-state index in [9.17, 15) is 9.59 Å². The molecule has 1 saturated carbocycles. The maximum Gasteiger partial charge on any atom is 0.335 e. The number of hydrogen-bond acceptors (Lipinski definition) is 8. The van der Waals surface area contributed by atoms with Crippen molar-refractivity contribution < 1.29 is 38.7 Å². The third-order valence-corrected chi connectivity index (χ3v) is 8.41. The fourth-order valence-electron chi connectivity index (χ4n) is 5.76. The highest BCUT2D eigenvalue weighted by molar-refractivity contribution is 5.88. The molecular weight excluding hydrogens is 572 g/mol. The first-order valence-electron chi connectivity index (χ1n) is 16.2. The molecule has 0 atom stereocenters. The third-order valence-electron chi connectivity index (χ3n) is 8.41. The SMILES string of the molecule is C=C(CO)C(=O)OCCOc1ccc(-c2ccc(C3CCC(CCCCC)CC3)c(CC)c2)cc1OCCOC(=O)C(=C)CO. The minimum atomic E-state index is -0.686. The van der Waals surface area contributed by atoms with Gasteiger partial charge in [0.25, 0.3) is 0 Å². The number of rotatable bonds is 19. The molecule has 3 rings (SSSR count). The second-order valence-corrected chi connectivity index (χ2v) is 11.6. The molecule has 0 unspecified atom stereocenters. The third kappa shape index (κ3) is 11.0. The van der Waals surface area contributed by atoms with Crippen LogP contribution in [-0.4, -0.2) is 61.8 Å². The molecule has 0 aliphatic heterocycles. The number of hydrogen-bond donors (Lipinski definition) is 2. The lowest BCUT2D eigenvalue weighted by atomic mass is 9.75. The van der Waals surface area contributed by atoms with Crippen molar-refractivity contribution in [1.29, 1.82) is 0 Å². The first-order chi connectivity index (χ1) is 21.8. The van der Waals surface area contributed by atoms with Crippen LogP contribution in [0.3, 0.4) is 0 Å². The highest BCUT2D eigenvalue weighted by atomic mass is 16.6. The Hall–Kier alpha value is -3.62. The van der Waals surface area contributed by atoms with Crippen LogP contribution in [0.15, 0.2) is 60.7 Å². The number of carbonyl (C=O) groups excluding carboxylic acids is 2. The molecule has 2 aromatic carbocycles. The van der Waals surface area contributed by atoms with E-state index in [1.807, 2.05) is 12.1 Å². The van der Waals surface area contributed by atoms with Gasteiger partial charge in [0.15, 0.2) is 11.5 Å². The minimum absolute atomic E-state index is 0.0327. The summed E-state index contributed by atoms with van der Waals surface area (Å²) in [7, 11) is 0. The van der Waals surface area contributed by atoms with Gasteiger partial charge in [0.2, 0.25) is 0 Å². The van der Waals surface area contributed by atoms with Gasteiger partial charge < -0.3 is 29.2 Å². The maximum absolute atomic E-state index is 11.8. The molecule has 1 fully saturated rings. The summed E-state index contributed by atoms with van der Waals surface area (Å²) in [6, 6.07) is 12.4. The number of carbonyl (C=O) groups is 2. The number of ether oxygens (including phenoxy) is 4. The Bertz CT molecular complexity index is 1280. The summed E-state index contributed by atoms with van der Waals surface area (Å²) in [5.74, 6) is 0.993. The zero-order valence-corrected chi connectivity index (χ0v) is 27.0. The molecule has 1 aliphatic carbocycles. The Labute approximate surface area is 268 Å². The van der Waals surface area contributed by atoms with Crippen molar-refractivity contribution in [2.24, 2.45) is 5.92 Å². The molecule has 8 nitrogen and oxygen atoms in total. The van der Waals surface area contributed by atoms with Crippen molar-refractivity contribution in [2.45, 2.75) is 77.6 Å². The lowest BCUT2D eigenvalue weighted by molar-refractivity contribution is -0.141. The summed E-state index contributed by atoms with van der Waals surface area (Å²) in [4.78, 5) is 23.6. The van der Waals surface area contributed by atoms with Crippen LogP contribution in [-0.2, 0) is 25.5 Å². The fourth-order valence-corrected chi connectivity index (χ4v) is 5.76. The topological polar surface area (TPSA) is 112 Å². The number of esters is 2. The van der Waals surface area contributed by atoms with E-state index >= 15 is 0 Å². The molecule has 0 amide bonds. The predicted octanol–water partition coefficient (Wildman–Crippen LogP) is 6.71. The molecule has 0 heterocycles. The minimum Gasteiger partial charge on any atom is -0.486 e. The molecule has 0 saturated heterocycles. The van der Waals surface area contributed by atoms with Crippen LogP contribution in [0.25, 0.3) is 11.1 Å². The number of aryl methyl sites for hydroxylation is 1. The monoisotopic (exact) mass is 622 g/mol. The molecule has 1 aliphatic rings. The molecule has 45 heavy (non-hydrogen) atoms. The van der Waals surface area contributed by atoms with Gasteiger partial charge in [-0.25, -0.2) is 9.59 Å². The van der Waals surface area contributed by atoms with Crippen molar-refractivity contribution in [3.63, 3.8) is 0 Å². The molecule has 2 N–H and O–H groups in total. The summed E-state index contributed by atoms with van der Waals surface area (Å²) < 4.78 is 22.0. The molecule has 0 bridgehead atoms. The van der Waals surface area contributed by atoms with E-state index < -0.39 is 25.2 Å². The van der Waals surface area contributed by atoms with Gasteiger partial charge in [-0.3, -0.25) is 0 Å². The largest absolute Gasteiger partial charge is 0.486 e. The van der Waals surface area contributed by atoms with E-state index in [4.69, 9.17) is 29.2 Å². The highest BCUT2D eigenvalue weighted by Crippen LogP contribution is 2.40. The van der Waals surface area contributed by atoms with Crippen LogP contribution >= 0.6 is 0 Å². The molecule has 0 spiro atoms. The van der Waals surface area contributed by atoms with Gasteiger partial charge in [0, 0.05) is 0 Å². The zero-order chi connectivity index (χ0) is 32.6. The Kier molecular flexibility index (Phi) is 15.2. The molecule has 0 aromatic heterocycles. The average molecular weight is 623 g/mol. The summed E-state index contributed by atoms with van der Waals surface area (Å²) >= 11 is 0. The quantitative estimate of drug-likeness (QED) is 0.101. The normalized spacial score (nSPS) is 16.1. The number of aliphatic hydroxyl groups is 2. The van der Waals surface area contributed by atoms with E-state index in [-0.39, 0.29) is 37.6 Å². The first kappa shape index (κ1) is 35.9. The van der Waals surface area contributed by atoms with E-state index in [2.05, 4.69) is 45.2 Å². The number of aliphatic hydroxyl groups excluding tert-OH is 2. The molecule has 246 valence electrons. The van der Waals surface area contributed by atoms with E-state index in [0.717, 1.165) is 23.5 Å². The van der Waals surface area contributed by atoms with Gasteiger partial charge in [-0.15, -0.1) is 0 Å². The predicted molar refractivity (Wildman–Crippen MR) is 175 cm³/mol. The summed E-state index contributed by atoms with van der Waals surface area (Å²) in [6.07, 6.45) is 11.5. The molecule has 0 radical (unpaired) electrons. The van der Waals surface area contributed by atoms with Gasteiger partial charge >= 0.3 is 11.9 Å². The lowest BCUT2D eigenvalue weighted by Gasteiger charge is -2.30. The molecule has 2 aromatic rings. The van der Waals surface area contributed by atoms with Crippen LogP contribution in [0.1, 0.15) is 82.3 Å². The summed E-state index contributed by atoms with van der Waals surface area (Å²) in [6.45, 7) is 10.5. The lowest BCUT2D eigenvalue weighted by Crippen LogP contribution is -2.16. The number of benzene rings is 2. The smallest absolute Gasteiger partial charge is 0.335 e. The summed E-state index contributed by atoms with van der Waals surface area (Å²) in [5.41, 5.74) is 4.79. The Morgan fingerprint density at radius 2 is 1.33 bits per heavy atom. The second kappa shape index (κ2) is 19.0. The van der Waals surface area contributed by atoms with Gasteiger partial charge in [-0.05, 0) is 78.3 Å². The van der Waals surface area contributed by atoms with Gasteiger partial charge in [0.05, 0.1) is 24.4 Å². The Morgan fingerprint density at radius 3 is 1.91 bits per heavy atom. The molecular formula is C37H50O8. The number of unbranched alkanes of at least 4 members (excludes halogenated alkanes) is 2. The average Bonchev–Trinajstić information content (AvgIpc) is 3.08.